The topological polar surface area (TPSA) is 69.6 Å². The summed E-state index contributed by atoms with van der Waals surface area (Å²) in [6.07, 6.45) is 1.29. The third-order valence-corrected chi connectivity index (χ3v) is 3.91. The van der Waals surface area contributed by atoms with Crippen LogP contribution in [0, 0.1) is 17.8 Å². The van der Waals surface area contributed by atoms with Gasteiger partial charge in [0, 0.05) is 12.6 Å². The number of likely N-dealkylation sites (N-methyl/N-ethyl adjacent to an activating group) is 1. The normalized spacial score (nSPS) is 29.3. The van der Waals surface area contributed by atoms with Gasteiger partial charge in [0.25, 0.3) is 0 Å². The van der Waals surface area contributed by atoms with E-state index in [9.17, 15) is 9.59 Å². The number of nitrogens with one attached hydrogen (secondary N) is 1. The average Bonchev–Trinajstić information content (AvgIpc) is 2.67. The molecule has 0 aliphatic heterocycles. The van der Waals surface area contributed by atoms with Gasteiger partial charge in [0.2, 0.25) is 5.91 Å². The van der Waals surface area contributed by atoms with Crippen molar-refractivity contribution in [2.24, 2.45) is 17.8 Å². The first kappa shape index (κ1) is 15.0. The van der Waals surface area contributed by atoms with Crippen LogP contribution in [0.1, 0.15) is 26.7 Å². The number of aliphatic carboxylic acids is 1. The second kappa shape index (κ2) is 6.18. The molecule has 5 nitrogen and oxygen atoms in total. The van der Waals surface area contributed by atoms with Gasteiger partial charge in [0.15, 0.2) is 0 Å². The molecule has 1 amide bonds. The molecule has 4 atom stereocenters. The smallest absolute Gasteiger partial charge is 0.307 e. The van der Waals surface area contributed by atoms with Crippen molar-refractivity contribution in [1.29, 1.82) is 0 Å². The monoisotopic (exact) mass is 256 g/mol. The van der Waals surface area contributed by atoms with Crippen LogP contribution in [0.4, 0.5) is 0 Å². The molecule has 0 aromatic heterocycles. The Balaban J connectivity index is 2.52. The molecular weight excluding hydrogens is 232 g/mol. The molecule has 1 aliphatic rings. The number of carbonyl (C=O) groups is 2. The molecule has 0 bridgehead atoms. The quantitative estimate of drug-likeness (QED) is 0.763. The van der Waals surface area contributed by atoms with Crippen molar-refractivity contribution >= 4 is 11.9 Å². The Morgan fingerprint density at radius 2 is 1.89 bits per heavy atom. The number of amides is 1. The number of rotatable bonds is 5. The maximum Gasteiger partial charge on any atom is 0.307 e. The fraction of sp³-hybridized carbons (Fsp3) is 0.846. The molecule has 18 heavy (non-hydrogen) atoms. The van der Waals surface area contributed by atoms with Gasteiger partial charge in [0.1, 0.15) is 0 Å². The molecule has 2 N–H and O–H groups in total. The Morgan fingerprint density at radius 3 is 2.39 bits per heavy atom. The molecule has 104 valence electrons. The van der Waals surface area contributed by atoms with E-state index in [0.29, 0.717) is 25.3 Å². The van der Waals surface area contributed by atoms with E-state index in [0.717, 1.165) is 0 Å². The molecule has 0 aromatic rings. The summed E-state index contributed by atoms with van der Waals surface area (Å²) >= 11 is 0. The van der Waals surface area contributed by atoms with Crippen LogP contribution >= 0.6 is 0 Å². The lowest BCUT2D eigenvalue weighted by Gasteiger charge is -2.22. The van der Waals surface area contributed by atoms with Crippen LogP contribution in [0.2, 0.25) is 0 Å². The number of carboxylic acid groups (broad SMARTS) is 1. The zero-order chi connectivity index (χ0) is 13.9. The van der Waals surface area contributed by atoms with Crippen molar-refractivity contribution in [2.45, 2.75) is 32.7 Å². The minimum absolute atomic E-state index is 0.111. The van der Waals surface area contributed by atoms with Crippen LogP contribution in [0.25, 0.3) is 0 Å². The molecule has 0 radical (unpaired) electrons. The molecule has 1 rings (SSSR count). The predicted octanol–water partition coefficient (Wildman–Crippen LogP) is 0.800. The number of carboxylic acids is 1. The van der Waals surface area contributed by atoms with Crippen LogP contribution < -0.4 is 5.32 Å². The summed E-state index contributed by atoms with van der Waals surface area (Å²) in [6.45, 7) is 4.58. The Morgan fingerprint density at radius 1 is 1.33 bits per heavy atom. The summed E-state index contributed by atoms with van der Waals surface area (Å²) < 4.78 is 0. The molecule has 0 aromatic carbocycles. The average molecular weight is 256 g/mol. The highest BCUT2D eigenvalue weighted by atomic mass is 16.4. The van der Waals surface area contributed by atoms with Crippen molar-refractivity contribution in [3.63, 3.8) is 0 Å². The number of carbonyl (C=O) groups excluding carboxylic acids is 1. The van der Waals surface area contributed by atoms with E-state index < -0.39 is 11.9 Å². The van der Waals surface area contributed by atoms with E-state index >= 15 is 0 Å². The molecule has 0 heterocycles. The minimum atomic E-state index is -0.847. The maximum absolute atomic E-state index is 12.0. The second-order valence-corrected chi connectivity index (χ2v) is 5.69. The summed E-state index contributed by atoms with van der Waals surface area (Å²) in [5, 5.41) is 12.0. The van der Waals surface area contributed by atoms with Crippen LogP contribution in [0.3, 0.4) is 0 Å². The number of hydrogen-bond acceptors (Lipinski definition) is 3. The van der Waals surface area contributed by atoms with Crippen molar-refractivity contribution in [2.75, 3.05) is 20.6 Å². The fourth-order valence-electron chi connectivity index (χ4n) is 2.42. The van der Waals surface area contributed by atoms with Gasteiger partial charge >= 0.3 is 5.97 Å². The van der Waals surface area contributed by atoms with Crippen LogP contribution in [0.5, 0.6) is 0 Å². The number of hydrogen-bond donors (Lipinski definition) is 2. The molecule has 1 fully saturated rings. The summed E-state index contributed by atoms with van der Waals surface area (Å²) in [4.78, 5) is 25.2. The standard InChI is InChI=1S/C13H24N2O3/c1-8-5-10(11(6-8)13(17)18)12(16)14-7-9(2)15(3)4/h8-11H,5-7H2,1-4H3,(H,14,16)(H,17,18). The van der Waals surface area contributed by atoms with Crippen molar-refractivity contribution in [1.82, 2.24) is 10.2 Å². The molecule has 5 heteroatoms. The van der Waals surface area contributed by atoms with Gasteiger partial charge in [-0.15, -0.1) is 0 Å². The van der Waals surface area contributed by atoms with E-state index in [1.165, 1.54) is 0 Å². The third kappa shape index (κ3) is 3.70. The summed E-state index contributed by atoms with van der Waals surface area (Å²) in [5.74, 6) is -1.53. The van der Waals surface area contributed by atoms with E-state index in [2.05, 4.69) is 5.32 Å². The van der Waals surface area contributed by atoms with E-state index in [4.69, 9.17) is 5.11 Å². The summed E-state index contributed by atoms with van der Waals surface area (Å²) in [7, 11) is 3.91. The largest absolute Gasteiger partial charge is 0.481 e. The first-order valence-electron chi connectivity index (χ1n) is 6.49. The molecule has 1 saturated carbocycles. The Bertz CT molecular complexity index is 317. The van der Waals surface area contributed by atoms with Crippen LogP contribution in [-0.2, 0) is 9.59 Å². The molecule has 4 unspecified atom stereocenters. The van der Waals surface area contributed by atoms with Gasteiger partial charge in [-0.1, -0.05) is 6.92 Å². The predicted molar refractivity (Wildman–Crippen MR) is 69.2 cm³/mol. The first-order chi connectivity index (χ1) is 8.32. The summed E-state index contributed by atoms with van der Waals surface area (Å²) in [5.41, 5.74) is 0. The van der Waals surface area contributed by atoms with E-state index in [1.54, 1.807) is 0 Å². The zero-order valence-corrected chi connectivity index (χ0v) is 11.6. The highest BCUT2D eigenvalue weighted by molar-refractivity contribution is 5.85. The second-order valence-electron chi connectivity index (χ2n) is 5.69. The Kier molecular flexibility index (Phi) is 5.14. The highest BCUT2D eigenvalue weighted by Gasteiger charge is 2.41. The lowest BCUT2D eigenvalue weighted by atomic mass is 9.95. The number of nitrogens with zero attached hydrogens (tertiary/aromatic N) is 1. The first-order valence-corrected chi connectivity index (χ1v) is 6.49. The van der Waals surface area contributed by atoms with Gasteiger partial charge in [0.05, 0.1) is 11.8 Å². The Hall–Kier alpha value is -1.10. The van der Waals surface area contributed by atoms with Crippen molar-refractivity contribution < 1.29 is 14.7 Å². The minimum Gasteiger partial charge on any atom is -0.481 e. The SMILES string of the molecule is CC1CC(C(=O)O)C(C(=O)NCC(C)N(C)C)C1. The van der Waals surface area contributed by atoms with E-state index in [-0.39, 0.29) is 17.9 Å². The maximum atomic E-state index is 12.0. The molecule has 0 saturated heterocycles. The molecule has 1 aliphatic carbocycles. The summed E-state index contributed by atoms with van der Waals surface area (Å²) in [6, 6.07) is 0.246. The van der Waals surface area contributed by atoms with Crippen LogP contribution in [0.15, 0.2) is 0 Å². The lowest BCUT2D eigenvalue weighted by molar-refractivity contribution is -0.146. The van der Waals surface area contributed by atoms with Crippen LogP contribution in [-0.4, -0.2) is 48.6 Å². The van der Waals surface area contributed by atoms with E-state index in [1.807, 2.05) is 32.8 Å². The van der Waals surface area contributed by atoms with Gasteiger partial charge in [-0.05, 0) is 39.8 Å². The van der Waals surface area contributed by atoms with Gasteiger partial charge in [-0.3, -0.25) is 9.59 Å². The molecule has 0 spiro atoms. The molecular formula is C13H24N2O3. The van der Waals surface area contributed by atoms with Crippen molar-refractivity contribution in [3.8, 4) is 0 Å². The Labute approximate surface area is 109 Å². The zero-order valence-electron chi connectivity index (χ0n) is 11.6. The highest BCUT2D eigenvalue weighted by Crippen LogP contribution is 2.36. The van der Waals surface area contributed by atoms with Gasteiger partial charge in [-0.25, -0.2) is 0 Å². The fourth-order valence-corrected chi connectivity index (χ4v) is 2.42. The van der Waals surface area contributed by atoms with Gasteiger partial charge < -0.3 is 15.3 Å². The lowest BCUT2D eigenvalue weighted by Crippen LogP contribution is -2.42. The van der Waals surface area contributed by atoms with Gasteiger partial charge in [-0.2, -0.15) is 0 Å². The third-order valence-electron chi connectivity index (χ3n) is 3.91. The van der Waals surface area contributed by atoms with Crippen molar-refractivity contribution in [3.05, 3.63) is 0 Å².